The zero-order chi connectivity index (χ0) is 13.8. The quantitative estimate of drug-likeness (QED) is 0.838. The summed E-state index contributed by atoms with van der Waals surface area (Å²) in [6.07, 6.45) is -1.00. The van der Waals surface area contributed by atoms with Crippen molar-refractivity contribution in [3.8, 4) is 0 Å². The number of hydrogen-bond acceptors (Lipinski definition) is 3. The molecule has 0 aliphatic rings. The Labute approximate surface area is 114 Å². The summed E-state index contributed by atoms with van der Waals surface area (Å²) in [5.41, 5.74) is 0.908. The van der Waals surface area contributed by atoms with Crippen LogP contribution < -0.4 is 0 Å². The lowest BCUT2D eigenvalue weighted by Gasteiger charge is -2.29. The van der Waals surface area contributed by atoms with Gasteiger partial charge in [0.1, 0.15) is 12.3 Å². The van der Waals surface area contributed by atoms with Gasteiger partial charge in [-0.2, -0.15) is 0 Å². The molecule has 0 heterocycles. The average Bonchev–Trinajstić information content (AvgIpc) is 2.43. The second-order valence-electron chi connectivity index (χ2n) is 4.82. The monoisotopic (exact) mass is 259 g/mol. The maximum absolute atomic E-state index is 10.6. The lowest BCUT2D eigenvalue weighted by Crippen LogP contribution is -2.36. The number of fused-ring (bicyclic) bond motifs is 1. The van der Waals surface area contributed by atoms with Crippen LogP contribution >= 0.6 is 0 Å². The van der Waals surface area contributed by atoms with Crippen molar-refractivity contribution >= 4 is 10.8 Å². The standard InChI is InChI=1S/C16H21NO2/c1-4-19-16(17(2)3)15(18)14-11-7-9-12-8-5-6-10-13(12)14/h5-11,15-16,18H,4H2,1-3H3. The summed E-state index contributed by atoms with van der Waals surface area (Å²) in [7, 11) is 3.82. The Morgan fingerprint density at radius 2 is 1.79 bits per heavy atom. The van der Waals surface area contributed by atoms with E-state index in [4.69, 9.17) is 4.74 Å². The van der Waals surface area contributed by atoms with Gasteiger partial charge in [-0.3, -0.25) is 4.90 Å². The number of hydrogen-bond donors (Lipinski definition) is 1. The fourth-order valence-electron chi connectivity index (χ4n) is 2.36. The highest BCUT2D eigenvalue weighted by Gasteiger charge is 2.24. The van der Waals surface area contributed by atoms with Gasteiger partial charge in [0.05, 0.1) is 0 Å². The predicted octanol–water partition coefficient (Wildman–Crippen LogP) is 2.80. The zero-order valence-corrected chi connectivity index (χ0v) is 11.7. The minimum absolute atomic E-state index is 0.337. The lowest BCUT2D eigenvalue weighted by atomic mass is 9.99. The van der Waals surface area contributed by atoms with Crippen LogP contribution in [0.15, 0.2) is 42.5 Å². The Kier molecular flexibility index (Phi) is 4.53. The molecule has 2 aromatic carbocycles. The molecule has 2 rings (SSSR count). The van der Waals surface area contributed by atoms with Gasteiger partial charge in [-0.1, -0.05) is 42.5 Å². The fourth-order valence-corrected chi connectivity index (χ4v) is 2.36. The van der Waals surface area contributed by atoms with Crippen molar-refractivity contribution in [2.24, 2.45) is 0 Å². The number of ether oxygens (including phenoxy) is 1. The van der Waals surface area contributed by atoms with Crippen LogP contribution in [0.3, 0.4) is 0 Å². The van der Waals surface area contributed by atoms with E-state index in [0.29, 0.717) is 6.61 Å². The summed E-state index contributed by atoms with van der Waals surface area (Å²) < 4.78 is 5.64. The van der Waals surface area contributed by atoms with Crippen molar-refractivity contribution in [2.75, 3.05) is 20.7 Å². The van der Waals surface area contributed by atoms with Crippen molar-refractivity contribution in [3.63, 3.8) is 0 Å². The predicted molar refractivity (Wildman–Crippen MR) is 78.0 cm³/mol. The molecule has 3 heteroatoms. The van der Waals surface area contributed by atoms with Gasteiger partial charge in [0, 0.05) is 6.61 Å². The highest BCUT2D eigenvalue weighted by molar-refractivity contribution is 5.86. The van der Waals surface area contributed by atoms with Crippen LogP contribution in [-0.4, -0.2) is 36.9 Å². The molecule has 0 aromatic heterocycles. The van der Waals surface area contributed by atoms with E-state index in [2.05, 4.69) is 12.1 Å². The number of likely N-dealkylation sites (N-methyl/N-ethyl adjacent to an activating group) is 1. The number of nitrogens with zero attached hydrogens (tertiary/aromatic N) is 1. The van der Waals surface area contributed by atoms with E-state index in [1.54, 1.807) is 0 Å². The first-order valence-electron chi connectivity index (χ1n) is 6.59. The Morgan fingerprint density at radius 1 is 1.11 bits per heavy atom. The molecule has 0 amide bonds. The molecule has 0 saturated carbocycles. The highest BCUT2D eigenvalue weighted by Crippen LogP contribution is 2.28. The first-order valence-corrected chi connectivity index (χ1v) is 6.59. The molecule has 2 aromatic rings. The van der Waals surface area contributed by atoms with Gasteiger partial charge in [-0.05, 0) is 37.4 Å². The van der Waals surface area contributed by atoms with E-state index >= 15 is 0 Å². The Balaban J connectivity index is 2.42. The molecule has 3 nitrogen and oxygen atoms in total. The van der Waals surface area contributed by atoms with E-state index in [-0.39, 0.29) is 6.23 Å². The molecule has 2 atom stereocenters. The minimum Gasteiger partial charge on any atom is -0.384 e. The summed E-state index contributed by atoms with van der Waals surface area (Å²) in [6, 6.07) is 14.1. The Hall–Kier alpha value is -1.42. The summed E-state index contributed by atoms with van der Waals surface area (Å²) in [4.78, 5) is 1.90. The second-order valence-corrected chi connectivity index (χ2v) is 4.82. The molecule has 2 unspecified atom stereocenters. The van der Waals surface area contributed by atoms with E-state index in [9.17, 15) is 5.11 Å². The van der Waals surface area contributed by atoms with Crippen LogP contribution in [0.4, 0.5) is 0 Å². The third kappa shape index (κ3) is 2.95. The van der Waals surface area contributed by atoms with Crippen molar-refractivity contribution in [3.05, 3.63) is 48.0 Å². The molecule has 0 fully saturated rings. The highest BCUT2D eigenvalue weighted by atomic mass is 16.5. The third-order valence-electron chi connectivity index (χ3n) is 3.26. The Morgan fingerprint density at radius 3 is 2.47 bits per heavy atom. The van der Waals surface area contributed by atoms with E-state index < -0.39 is 6.10 Å². The molecule has 1 N–H and O–H groups in total. The molecule has 102 valence electrons. The molecule has 19 heavy (non-hydrogen) atoms. The number of aliphatic hydroxyl groups excluding tert-OH is 1. The maximum atomic E-state index is 10.6. The van der Waals surface area contributed by atoms with Crippen molar-refractivity contribution < 1.29 is 9.84 Å². The average molecular weight is 259 g/mol. The van der Waals surface area contributed by atoms with Gasteiger partial charge in [-0.15, -0.1) is 0 Å². The maximum Gasteiger partial charge on any atom is 0.140 e. The largest absolute Gasteiger partial charge is 0.384 e. The molecule has 0 aliphatic carbocycles. The lowest BCUT2D eigenvalue weighted by molar-refractivity contribution is -0.106. The topological polar surface area (TPSA) is 32.7 Å². The fraction of sp³-hybridized carbons (Fsp3) is 0.375. The SMILES string of the molecule is CCOC(C(O)c1cccc2ccccc12)N(C)C. The first kappa shape index (κ1) is 14.0. The summed E-state index contributed by atoms with van der Waals surface area (Å²) in [5, 5.41) is 12.8. The molecule has 0 radical (unpaired) electrons. The molecule has 0 spiro atoms. The summed E-state index contributed by atoms with van der Waals surface area (Å²) in [6.45, 7) is 2.51. The summed E-state index contributed by atoms with van der Waals surface area (Å²) >= 11 is 0. The first-order chi connectivity index (χ1) is 9.15. The van der Waals surface area contributed by atoms with Gasteiger partial charge < -0.3 is 9.84 Å². The van der Waals surface area contributed by atoms with Gasteiger partial charge in [-0.25, -0.2) is 0 Å². The molecule has 0 bridgehead atoms. The molecular formula is C16H21NO2. The van der Waals surface area contributed by atoms with Crippen LogP contribution in [0.2, 0.25) is 0 Å². The summed E-state index contributed by atoms with van der Waals surface area (Å²) in [5.74, 6) is 0. The zero-order valence-electron chi connectivity index (χ0n) is 11.7. The smallest absolute Gasteiger partial charge is 0.140 e. The minimum atomic E-state index is -0.666. The van der Waals surface area contributed by atoms with Crippen LogP contribution in [0.25, 0.3) is 10.8 Å². The van der Waals surface area contributed by atoms with Crippen molar-refractivity contribution in [1.29, 1.82) is 0 Å². The molecule has 0 saturated heterocycles. The van der Waals surface area contributed by atoms with Crippen molar-refractivity contribution in [1.82, 2.24) is 4.90 Å². The van der Waals surface area contributed by atoms with E-state index in [1.807, 2.05) is 56.3 Å². The van der Waals surface area contributed by atoms with Crippen LogP contribution in [0.1, 0.15) is 18.6 Å². The number of benzene rings is 2. The van der Waals surface area contributed by atoms with Crippen LogP contribution in [0, 0.1) is 0 Å². The normalized spacial score (nSPS) is 14.8. The van der Waals surface area contributed by atoms with Crippen LogP contribution in [-0.2, 0) is 4.74 Å². The second kappa shape index (κ2) is 6.15. The van der Waals surface area contributed by atoms with Crippen molar-refractivity contribution in [2.45, 2.75) is 19.3 Å². The van der Waals surface area contributed by atoms with Gasteiger partial charge >= 0.3 is 0 Å². The number of rotatable bonds is 5. The van der Waals surface area contributed by atoms with Gasteiger partial charge in [0.15, 0.2) is 0 Å². The Bertz CT molecular complexity index is 534. The van der Waals surface area contributed by atoms with E-state index in [1.165, 1.54) is 0 Å². The third-order valence-corrected chi connectivity index (χ3v) is 3.26. The number of aliphatic hydroxyl groups is 1. The van der Waals surface area contributed by atoms with Gasteiger partial charge in [0.25, 0.3) is 0 Å². The molecular weight excluding hydrogens is 238 g/mol. The molecule has 0 aliphatic heterocycles. The van der Waals surface area contributed by atoms with Gasteiger partial charge in [0.2, 0.25) is 0 Å². The van der Waals surface area contributed by atoms with E-state index in [0.717, 1.165) is 16.3 Å². The van der Waals surface area contributed by atoms with Crippen LogP contribution in [0.5, 0.6) is 0 Å².